The summed E-state index contributed by atoms with van der Waals surface area (Å²) in [5.74, 6) is 2.61. The van der Waals surface area contributed by atoms with E-state index in [-0.39, 0.29) is 22.5 Å². The summed E-state index contributed by atoms with van der Waals surface area (Å²) in [5.41, 5.74) is -0.0698. The van der Waals surface area contributed by atoms with Gasteiger partial charge in [-0.15, -0.1) is 0 Å². The van der Waals surface area contributed by atoms with Gasteiger partial charge in [-0.3, -0.25) is 4.79 Å². The molecule has 2 aliphatic rings. The molecule has 0 amide bonds. The number of halogens is 1. The Balaban J connectivity index is 1.74. The normalized spacial score (nSPS) is 31.9. The molecule has 18 heavy (non-hydrogen) atoms. The highest BCUT2D eigenvalue weighted by atomic mass is 35.5. The second-order valence-electron chi connectivity index (χ2n) is 4.99. The number of ether oxygens (including phenoxy) is 1. The van der Waals surface area contributed by atoms with E-state index in [1.807, 2.05) is 11.8 Å². The Morgan fingerprint density at radius 1 is 1.50 bits per heavy atom. The van der Waals surface area contributed by atoms with Gasteiger partial charge in [-0.1, -0.05) is 0 Å². The van der Waals surface area contributed by atoms with Crippen LogP contribution < -0.4 is 0 Å². The minimum absolute atomic E-state index is 0.0136. The molecule has 3 nitrogen and oxygen atoms in total. The SMILES string of the molecule is O=C(c1ccc(Cl)o1)C1CCOC2(CCSC2)C1. The van der Waals surface area contributed by atoms with Crippen molar-refractivity contribution in [1.82, 2.24) is 0 Å². The number of carbonyl (C=O) groups excluding carboxylic acids is 1. The highest BCUT2D eigenvalue weighted by Crippen LogP contribution is 2.41. The lowest BCUT2D eigenvalue weighted by molar-refractivity contribution is -0.0737. The van der Waals surface area contributed by atoms with Crippen molar-refractivity contribution in [2.45, 2.75) is 24.9 Å². The topological polar surface area (TPSA) is 39.4 Å². The summed E-state index contributed by atoms with van der Waals surface area (Å²) in [4.78, 5) is 12.3. The average molecular weight is 287 g/mol. The number of ketones is 1. The smallest absolute Gasteiger partial charge is 0.201 e. The van der Waals surface area contributed by atoms with Gasteiger partial charge in [-0.25, -0.2) is 0 Å². The fraction of sp³-hybridized carbons (Fsp3) is 0.615. The third-order valence-electron chi connectivity index (χ3n) is 3.75. The van der Waals surface area contributed by atoms with Gasteiger partial charge < -0.3 is 9.15 Å². The van der Waals surface area contributed by atoms with Crippen LogP contribution in [0.1, 0.15) is 29.8 Å². The first-order valence-electron chi connectivity index (χ1n) is 6.20. The van der Waals surface area contributed by atoms with Gasteiger partial charge in [0.2, 0.25) is 5.78 Å². The third kappa shape index (κ3) is 2.33. The highest BCUT2D eigenvalue weighted by Gasteiger charge is 2.43. The largest absolute Gasteiger partial charge is 0.442 e. The summed E-state index contributed by atoms with van der Waals surface area (Å²) in [7, 11) is 0. The average Bonchev–Trinajstić information content (AvgIpc) is 2.98. The Morgan fingerprint density at radius 2 is 2.39 bits per heavy atom. The predicted molar refractivity (Wildman–Crippen MR) is 71.4 cm³/mol. The molecule has 1 aromatic heterocycles. The van der Waals surface area contributed by atoms with Gasteiger partial charge in [-0.2, -0.15) is 11.8 Å². The second-order valence-corrected chi connectivity index (χ2v) is 6.47. The van der Waals surface area contributed by atoms with Crippen LogP contribution in [0.15, 0.2) is 16.5 Å². The van der Waals surface area contributed by atoms with Gasteiger partial charge in [0, 0.05) is 18.3 Å². The monoisotopic (exact) mass is 286 g/mol. The summed E-state index contributed by atoms with van der Waals surface area (Å²) >= 11 is 7.63. The molecule has 2 saturated heterocycles. The van der Waals surface area contributed by atoms with Crippen LogP contribution in [0.5, 0.6) is 0 Å². The molecule has 3 heterocycles. The number of carbonyl (C=O) groups is 1. The molecule has 0 N–H and O–H groups in total. The molecule has 3 rings (SSSR count). The number of thioether (sulfide) groups is 1. The van der Waals surface area contributed by atoms with Crippen molar-refractivity contribution in [3.8, 4) is 0 Å². The summed E-state index contributed by atoms with van der Waals surface area (Å²) in [6.45, 7) is 0.672. The number of furan rings is 1. The van der Waals surface area contributed by atoms with E-state index in [2.05, 4.69) is 0 Å². The van der Waals surface area contributed by atoms with Crippen LogP contribution in [0, 0.1) is 5.92 Å². The highest BCUT2D eigenvalue weighted by molar-refractivity contribution is 7.99. The molecule has 5 heteroatoms. The summed E-state index contributed by atoms with van der Waals surface area (Å²) in [6, 6.07) is 3.28. The molecular weight excluding hydrogens is 272 g/mol. The molecule has 0 bridgehead atoms. The van der Waals surface area contributed by atoms with Crippen LogP contribution in [0.4, 0.5) is 0 Å². The zero-order valence-corrected chi connectivity index (χ0v) is 11.6. The first kappa shape index (κ1) is 12.6. The standard InChI is InChI=1S/C13H15ClO3S/c14-11-2-1-10(17-11)12(15)9-3-5-16-13(7-9)4-6-18-8-13/h1-2,9H,3-8H2. The van der Waals surface area contributed by atoms with E-state index < -0.39 is 0 Å². The lowest BCUT2D eigenvalue weighted by Crippen LogP contribution is -2.42. The van der Waals surface area contributed by atoms with Gasteiger partial charge in [0.25, 0.3) is 0 Å². The first-order chi connectivity index (χ1) is 8.69. The molecule has 0 aromatic carbocycles. The Bertz CT molecular complexity index is 451. The Kier molecular flexibility index (Phi) is 3.43. The maximum Gasteiger partial charge on any atom is 0.201 e. The zero-order valence-electron chi connectivity index (χ0n) is 9.99. The van der Waals surface area contributed by atoms with E-state index >= 15 is 0 Å². The van der Waals surface area contributed by atoms with E-state index in [4.69, 9.17) is 20.8 Å². The summed E-state index contributed by atoms with van der Waals surface area (Å²) in [6.07, 6.45) is 2.65. The van der Waals surface area contributed by atoms with Gasteiger partial charge in [-0.05, 0) is 48.7 Å². The van der Waals surface area contributed by atoms with Crippen LogP contribution in [0.3, 0.4) is 0 Å². The van der Waals surface area contributed by atoms with Crippen molar-refractivity contribution in [3.05, 3.63) is 23.1 Å². The van der Waals surface area contributed by atoms with Crippen molar-refractivity contribution in [3.63, 3.8) is 0 Å². The fourth-order valence-electron chi connectivity index (χ4n) is 2.76. The molecule has 0 aliphatic carbocycles. The van der Waals surface area contributed by atoms with Crippen molar-refractivity contribution in [2.75, 3.05) is 18.1 Å². The van der Waals surface area contributed by atoms with Crippen molar-refractivity contribution >= 4 is 29.1 Å². The van der Waals surface area contributed by atoms with Gasteiger partial charge in [0.15, 0.2) is 11.0 Å². The maximum atomic E-state index is 12.3. The fourth-order valence-corrected chi connectivity index (χ4v) is 4.29. The van der Waals surface area contributed by atoms with Crippen LogP contribution in [0.2, 0.25) is 5.22 Å². The van der Waals surface area contributed by atoms with Crippen LogP contribution >= 0.6 is 23.4 Å². The van der Waals surface area contributed by atoms with E-state index in [9.17, 15) is 4.79 Å². The van der Waals surface area contributed by atoms with Crippen LogP contribution in [-0.4, -0.2) is 29.5 Å². The molecule has 1 aromatic rings. The Labute approximate surface area is 115 Å². The quantitative estimate of drug-likeness (QED) is 0.781. The van der Waals surface area contributed by atoms with Crippen molar-refractivity contribution < 1.29 is 13.9 Å². The molecular formula is C13H15ClO3S. The molecule has 0 radical (unpaired) electrons. The number of Topliss-reactive ketones (excluding diaryl/α,β-unsaturated/α-hetero) is 1. The van der Waals surface area contributed by atoms with Crippen LogP contribution in [-0.2, 0) is 4.74 Å². The molecule has 0 saturated carbocycles. The molecule has 2 unspecified atom stereocenters. The Hall–Kier alpha value is -0.450. The van der Waals surface area contributed by atoms with Crippen molar-refractivity contribution in [2.24, 2.45) is 5.92 Å². The van der Waals surface area contributed by atoms with E-state index in [0.29, 0.717) is 12.4 Å². The molecule has 98 valence electrons. The van der Waals surface area contributed by atoms with E-state index in [1.165, 1.54) is 0 Å². The Morgan fingerprint density at radius 3 is 3.06 bits per heavy atom. The van der Waals surface area contributed by atoms with E-state index in [0.717, 1.165) is 30.8 Å². The minimum Gasteiger partial charge on any atom is -0.442 e. The second kappa shape index (κ2) is 4.91. The van der Waals surface area contributed by atoms with Gasteiger partial charge >= 0.3 is 0 Å². The number of hydrogen-bond acceptors (Lipinski definition) is 4. The van der Waals surface area contributed by atoms with Crippen molar-refractivity contribution in [1.29, 1.82) is 0 Å². The summed E-state index contributed by atoms with van der Waals surface area (Å²) in [5, 5.41) is 0.275. The minimum atomic E-state index is -0.0698. The third-order valence-corrected chi connectivity index (χ3v) is 5.17. The predicted octanol–water partition coefficient (Wildman–Crippen LogP) is 3.42. The molecule has 2 atom stereocenters. The molecule has 1 spiro atoms. The van der Waals surface area contributed by atoms with Gasteiger partial charge in [0.05, 0.1) is 5.60 Å². The maximum absolute atomic E-state index is 12.3. The lowest BCUT2D eigenvalue weighted by atomic mass is 9.82. The van der Waals surface area contributed by atoms with Crippen LogP contribution in [0.25, 0.3) is 0 Å². The zero-order chi connectivity index (χ0) is 12.6. The first-order valence-corrected chi connectivity index (χ1v) is 7.73. The molecule has 2 fully saturated rings. The van der Waals surface area contributed by atoms with E-state index in [1.54, 1.807) is 12.1 Å². The summed E-state index contributed by atoms with van der Waals surface area (Å²) < 4.78 is 11.1. The number of rotatable bonds is 2. The lowest BCUT2D eigenvalue weighted by Gasteiger charge is -2.36. The van der Waals surface area contributed by atoms with Gasteiger partial charge in [0.1, 0.15) is 0 Å². The number of hydrogen-bond donors (Lipinski definition) is 0. The molecule has 2 aliphatic heterocycles.